The van der Waals surface area contributed by atoms with Crippen LogP contribution in [0.1, 0.15) is 74.3 Å². The van der Waals surface area contributed by atoms with E-state index in [0.29, 0.717) is 11.6 Å². The summed E-state index contributed by atoms with van der Waals surface area (Å²) in [7, 11) is 0. The summed E-state index contributed by atoms with van der Waals surface area (Å²) in [6.07, 6.45) is 10.3. The van der Waals surface area contributed by atoms with E-state index in [9.17, 15) is 4.79 Å². The van der Waals surface area contributed by atoms with Gasteiger partial charge in [-0.05, 0) is 43.9 Å². The fourth-order valence-corrected chi connectivity index (χ4v) is 4.65. The molecule has 0 radical (unpaired) electrons. The molecule has 0 saturated heterocycles. The van der Waals surface area contributed by atoms with Gasteiger partial charge < -0.3 is 10.6 Å². The van der Waals surface area contributed by atoms with Crippen molar-refractivity contribution < 1.29 is 4.79 Å². The standard InChI is InChI=1S/C24H30BrN5O/c1-3-21(16-10-12-17(25)13-11-16)29-24(31)20-14-26-23-19(15-27-30(23)4-2)22(20)28-18-8-6-5-7-9-18/h10-15,18,21H,3-9H2,1-2H3,(H,26,28)(H,29,31). The number of carbonyl (C=O) groups excluding carboxylic acids is 1. The lowest BCUT2D eigenvalue weighted by Gasteiger charge is -2.26. The second-order valence-corrected chi connectivity index (χ2v) is 9.13. The first-order valence-electron chi connectivity index (χ1n) is 11.3. The zero-order valence-electron chi connectivity index (χ0n) is 18.2. The minimum Gasteiger partial charge on any atom is -0.381 e. The minimum absolute atomic E-state index is 0.0582. The average Bonchev–Trinajstić information content (AvgIpc) is 3.22. The maximum atomic E-state index is 13.4. The van der Waals surface area contributed by atoms with Crippen LogP contribution in [0.5, 0.6) is 0 Å². The zero-order valence-corrected chi connectivity index (χ0v) is 19.8. The van der Waals surface area contributed by atoms with E-state index in [4.69, 9.17) is 0 Å². The summed E-state index contributed by atoms with van der Waals surface area (Å²) in [5, 5.41) is 12.3. The smallest absolute Gasteiger partial charge is 0.255 e. The van der Waals surface area contributed by atoms with Gasteiger partial charge in [-0.25, -0.2) is 9.67 Å². The van der Waals surface area contributed by atoms with Crippen LogP contribution in [-0.2, 0) is 6.54 Å². The molecule has 4 rings (SSSR count). The van der Waals surface area contributed by atoms with Gasteiger partial charge in [0.1, 0.15) is 0 Å². The fourth-order valence-electron chi connectivity index (χ4n) is 4.39. The van der Waals surface area contributed by atoms with Gasteiger partial charge in [-0.3, -0.25) is 4.79 Å². The van der Waals surface area contributed by atoms with Gasteiger partial charge in [0.25, 0.3) is 5.91 Å². The minimum atomic E-state index is -0.105. The number of hydrogen-bond donors (Lipinski definition) is 2. The highest BCUT2D eigenvalue weighted by molar-refractivity contribution is 9.10. The number of benzene rings is 1. The Morgan fingerprint density at radius 3 is 2.58 bits per heavy atom. The van der Waals surface area contributed by atoms with Crippen molar-refractivity contribution in [3.05, 3.63) is 52.3 Å². The summed E-state index contributed by atoms with van der Waals surface area (Å²) in [6.45, 7) is 4.88. The normalized spacial score (nSPS) is 15.7. The van der Waals surface area contributed by atoms with E-state index in [-0.39, 0.29) is 11.9 Å². The molecule has 0 bridgehead atoms. The number of anilines is 1. The lowest BCUT2D eigenvalue weighted by atomic mass is 9.95. The summed E-state index contributed by atoms with van der Waals surface area (Å²) in [4.78, 5) is 18.0. The SMILES string of the molecule is CCC(NC(=O)c1cnc2c(cnn2CC)c1NC1CCCCC1)c1ccc(Br)cc1. The first-order chi connectivity index (χ1) is 15.1. The average molecular weight is 484 g/mol. The number of aromatic nitrogens is 3. The summed E-state index contributed by atoms with van der Waals surface area (Å²) >= 11 is 3.48. The topological polar surface area (TPSA) is 71.8 Å². The van der Waals surface area contributed by atoms with Crippen molar-refractivity contribution in [1.29, 1.82) is 0 Å². The van der Waals surface area contributed by atoms with Crippen LogP contribution in [0.2, 0.25) is 0 Å². The van der Waals surface area contributed by atoms with Gasteiger partial charge in [0.05, 0.1) is 28.9 Å². The quantitative estimate of drug-likeness (QED) is 0.442. The van der Waals surface area contributed by atoms with Gasteiger partial charge in [-0.15, -0.1) is 0 Å². The molecule has 0 aliphatic heterocycles. The second kappa shape index (κ2) is 9.81. The lowest BCUT2D eigenvalue weighted by Crippen LogP contribution is -2.30. The van der Waals surface area contributed by atoms with Crippen molar-refractivity contribution in [2.45, 2.75) is 71.0 Å². The number of pyridine rings is 1. The van der Waals surface area contributed by atoms with Crippen LogP contribution in [0.4, 0.5) is 5.69 Å². The number of nitrogens with zero attached hydrogens (tertiary/aromatic N) is 3. The first-order valence-corrected chi connectivity index (χ1v) is 12.1. The molecular formula is C24H30BrN5O. The molecule has 1 aliphatic rings. The number of fused-ring (bicyclic) bond motifs is 1. The molecule has 1 fully saturated rings. The van der Waals surface area contributed by atoms with Gasteiger partial charge in [-0.1, -0.05) is 54.2 Å². The Labute approximate surface area is 191 Å². The van der Waals surface area contributed by atoms with Gasteiger partial charge in [-0.2, -0.15) is 5.10 Å². The van der Waals surface area contributed by atoms with E-state index < -0.39 is 0 Å². The predicted octanol–water partition coefficient (Wildman–Crippen LogP) is 5.84. The van der Waals surface area contributed by atoms with Crippen LogP contribution in [0.25, 0.3) is 11.0 Å². The Morgan fingerprint density at radius 2 is 1.90 bits per heavy atom. The highest BCUT2D eigenvalue weighted by atomic mass is 79.9. The van der Waals surface area contributed by atoms with Crippen molar-refractivity contribution in [3.63, 3.8) is 0 Å². The van der Waals surface area contributed by atoms with E-state index in [1.165, 1.54) is 19.3 Å². The molecule has 1 saturated carbocycles. The number of halogens is 1. The predicted molar refractivity (Wildman–Crippen MR) is 128 cm³/mol. The summed E-state index contributed by atoms with van der Waals surface area (Å²) < 4.78 is 2.90. The molecule has 6 nitrogen and oxygen atoms in total. The van der Waals surface area contributed by atoms with Crippen molar-refractivity contribution in [2.24, 2.45) is 0 Å². The number of carbonyl (C=O) groups is 1. The van der Waals surface area contributed by atoms with E-state index in [1.54, 1.807) is 6.20 Å². The van der Waals surface area contributed by atoms with Crippen LogP contribution >= 0.6 is 15.9 Å². The number of nitrogens with one attached hydrogen (secondary N) is 2. The molecule has 164 valence electrons. The Bertz CT molecular complexity index is 1040. The third-order valence-corrected chi connectivity index (χ3v) is 6.68. The van der Waals surface area contributed by atoms with Crippen LogP contribution in [-0.4, -0.2) is 26.7 Å². The van der Waals surface area contributed by atoms with Crippen LogP contribution in [0, 0.1) is 0 Å². The maximum Gasteiger partial charge on any atom is 0.255 e. The molecule has 2 heterocycles. The molecule has 1 aliphatic carbocycles. The lowest BCUT2D eigenvalue weighted by molar-refractivity contribution is 0.0936. The van der Waals surface area contributed by atoms with Crippen molar-refractivity contribution in [2.75, 3.05) is 5.32 Å². The number of aryl methyl sites for hydroxylation is 1. The Hall–Kier alpha value is -2.41. The van der Waals surface area contributed by atoms with Gasteiger partial charge in [0, 0.05) is 23.3 Å². The fraction of sp³-hybridized carbons (Fsp3) is 0.458. The second-order valence-electron chi connectivity index (χ2n) is 8.21. The number of hydrogen-bond acceptors (Lipinski definition) is 4. The van der Waals surface area contributed by atoms with Crippen molar-refractivity contribution in [1.82, 2.24) is 20.1 Å². The van der Waals surface area contributed by atoms with Crippen LogP contribution in [0.15, 0.2) is 41.1 Å². The van der Waals surface area contributed by atoms with Crippen LogP contribution < -0.4 is 10.6 Å². The molecule has 2 N–H and O–H groups in total. The Balaban J connectivity index is 1.66. The molecule has 2 aromatic heterocycles. The Kier molecular flexibility index (Phi) is 6.90. The monoisotopic (exact) mass is 483 g/mol. The van der Waals surface area contributed by atoms with Gasteiger partial charge >= 0.3 is 0 Å². The largest absolute Gasteiger partial charge is 0.381 e. The van der Waals surface area contributed by atoms with Gasteiger partial charge in [0.2, 0.25) is 0 Å². The van der Waals surface area contributed by atoms with E-state index in [2.05, 4.69) is 43.6 Å². The van der Waals surface area contributed by atoms with Crippen molar-refractivity contribution in [3.8, 4) is 0 Å². The van der Waals surface area contributed by atoms with Crippen molar-refractivity contribution >= 4 is 38.6 Å². The summed E-state index contributed by atoms with van der Waals surface area (Å²) in [5.74, 6) is -0.105. The van der Waals surface area contributed by atoms with E-state index >= 15 is 0 Å². The third kappa shape index (κ3) is 4.76. The molecule has 0 spiro atoms. The third-order valence-electron chi connectivity index (χ3n) is 6.15. The number of amides is 1. The highest BCUT2D eigenvalue weighted by Gasteiger charge is 2.23. The zero-order chi connectivity index (χ0) is 21.8. The molecule has 1 aromatic carbocycles. The van der Waals surface area contributed by atoms with E-state index in [0.717, 1.165) is 52.6 Å². The number of rotatable bonds is 7. The molecule has 3 aromatic rings. The molecular weight excluding hydrogens is 454 g/mol. The summed E-state index contributed by atoms with van der Waals surface area (Å²) in [5.41, 5.74) is 3.36. The Morgan fingerprint density at radius 1 is 1.16 bits per heavy atom. The highest BCUT2D eigenvalue weighted by Crippen LogP contribution is 2.30. The van der Waals surface area contributed by atoms with E-state index in [1.807, 2.05) is 42.1 Å². The molecule has 1 atom stereocenters. The molecule has 7 heteroatoms. The first kappa shape index (κ1) is 21.8. The van der Waals surface area contributed by atoms with Gasteiger partial charge in [0.15, 0.2) is 5.65 Å². The molecule has 1 unspecified atom stereocenters. The maximum absolute atomic E-state index is 13.4. The molecule has 31 heavy (non-hydrogen) atoms. The molecule has 1 amide bonds. The van der Waals surface area contributed by atoms with Crippen LogP contribution in [0.3, 0.4) is 0 Å². The summed E-state index contributed by atoms with van der Waals surface area (Å²) in [6, 6.07) is 8.43.